The van der Waals surface area contributed by atoms with Crippen molar-refractivity contribution in [2.45, 2.75) is 51.8 Å². The van der Waals surface area contributed by atoms with Crippen LogP contribution in [0.2, 0.25) is 0 Å². The molecule has 2 aromatic rings. The molecule has 3 rings (SSSR count). The average molecular weight is 318 g/mol. The molecule has 0 spiro atoms. The van der Waals surface area contributed by atoms with Crippen LogP contribution in [-0.4, -0.2) is 34.3 Å². The third-order valence-corrected chi connectivity index (χ3v) is 4.49. The predicted octanol–water partition coefficient (Wildman–Crippen LogP) is 4.13. The minimum absolute atomic E-state index is 0.0353. The molecular weight excluding hydrogens is 295 g/mol. The van der Waals surface area contributed by atoms with E-state index in [1.54, 1.807) is 24.1 Å². The van der Waals surface area contributed by atoms with Crippen molar-refractivity contribution in [3.8, 4) is 0 Å². The molecule has 1 aromatic heterocycles. The minimum Gasteiger partial charge on any atom is -0.444 e. The quantitative estimate of drug-likeness (QED) is 0.792. The van der Waals surface area contributed by atoms with Gasteiger partial charge in [-0.25, -0.2) is 9.18 Å². The Bertz CT molecular complexity index is 760. The fraction of sp³-hybridized carbons (Fsp3) is 0.500. The average Bonchev–Trinajstić information content (AvgIpc) is 2.83. The highest BCUT2D eigenvalue weighted by Gasteiger charge is 2.34. The summed E-state index contributed by atoms with van der Waals surface area (Å²) in [4.78, 5) is 14.0. The monoisotopic (exact) mass is 318 g/mol. The Morgan fingerprint density at radius 1 is 1.39 bits per heavy atom. The molecule has 0 saturated heterocycles. The van der Waals surface area contributed by atoms with Gasteiger partial charge in [0.05, 0.1) is 11.6 Å². The summed E-state index contributed by atoms with van der Waals surface area (Å²) < 4.78 is 21.4. The molecule has 1 aliphatic heterocycles. The van der Waals surface area contributed by atoms with Crippen LogP contribution in [0, 0.1) is 5.82 Å². The van der Waals surface area contributed by atoms with Crippen LogP contribution in [0.4, 0.5) is 9.18 Å². The van der Waals surface area contributed by atoms with E-state index in [4.69, 9.17) is 4.74 Å². The molecule has 0 unspecified atom stereocenters. The number of nitrogens with zero attached hydrogens (tertiary/aromatic N) is 2. The van der Waals surface area contributed by atoms with Gasteiger partial charge in [0, 0.05) is 31.1 Å². The zero-order valence-corrected chi connectivity index (χ0v) is 14.3. The summed E-state index contributed by atoms with van der Waals surface area (Å²) in [7, 11) is 1.75. The second kappa shape index (κ2) is 5.25. The normalized spacial score (nSPS) is 20.6. The van der Waals surface area contributed by atoms with Gasteiger partial charge < -0.3 is 14.2 Å². The molecule has 0 N–H and O–H groups in total. The highest BCUT2D eigenvalue weighted by atomic mass is 19.1. The van der Waals surface area contributed by atoms with Crippen LogP contribution in [0.3, 0.4) is 0 Å². The van der Waals surface area contributed by atoms with Crippen molar-refractivity contribution < 1.29 is 13.9 Å². The van der Waals surface area contributed by atoms with Crippen LogP contribution >= 0.6 is 0 Å². The Morgan fingerprint density at radius 3 is 2.74 bits per heavy atom. The van der Waals surface area contributed by atoms with Gasteiger partial charge in [0.2, 0.25) is 0 Å². The minimum atomic E-state index is -0.534. The van der Waals surface area contributed by atoms with E-state index < -0.39 is 5.60 Å². The number of hydrogen-bond acceptors (Lipinski definition) is 2. The van der Waals surface area contributed by atoms with Crippen LogP contribution in [0.1, 0.15) is 39.2 Å². The molecule has 23 heavy (non-hydrogen) atoms. The molecule has 0 fully saturated rings. The number of ether oxygens (including phenoxy) is 1. The largest absolute Gasteiger partial charge is 0.444 e. The molecule has 0 radical (unpaired) electrons. The lowest BCUT2D eigenvalue weighted by Gasteiger charge is -2.38. The van der Waals surface area contributed by atoms with Gasteiger partial charge in [-0.15, -0.1) is 0 Å². The highest BCUT2D eigenvalue weighted by Crippen LogP contribution is 2.36. The maximum Gasteiger partial charge on any atom is 0.410 e. The van der Waals surface area contributed by atoms with E-state index in [0.717, 1.165) is 16.5 Å². The van der Waals surface area contributed by atoms with Gasteiger partial charge in [-0.1, -0.05) is 6.92 Å². The lowest BCUT2D eigenvalue weighted by Crippen LogP contribution is -2.46. The molecule has 1 amide bonds. The van der Waals surface area contributed by atoms with Crippen LogP contribution in [0.5, 0.6) is 0 Å². The molecular formula is C18H23FN2O2. The van der Waals surface area contributed by atoms with E-state index in [2.05, 4.69) is 4.57 Å². The Kier molecular flexibility index (Phi) is 3.62. The number of carbonyl (C=O) groups is 1. The van der Waals surface area contributed by atoms with Crippen molar-refractivity contribution in [1.82, 2.24) is 9.47 Å². The lowest BCUT2D eigenvalue weighted by molar-refractivity contribution is 0.0181. The number of rotatable bonds is 1. The first-order valence-electron chi connectivity index (χ1n) is 7.91. The van der Waals surface area contributed by atoms with Crippen LogP contribution in [0.25, 0.3) is 10.9 Å². The third-order valence-electron chi connectivity index (χ3n) is 4.49. The van der Waals surface area contributed by atoms with Gasteiger partial charge in [0.1, 0.15) is 11.4 Å². The standard InChI is InChI=1S/C18H23FN2O2/c1-11-14-9-13(19)8-12-6-7-21(16(12)14)10-15(11)20(5)17(22)23-18(2,3)4/h6-9,11,15H,10H2,1-5H3/t11-,15-/m0/s1. The van der Waals surface area contributed by atoms with E-state index in [-0.39, 0.29) is 23.9 Å². The molecule has 1 aliphatic rings. The van der Waals surface area contributed by atoms with Gasteiger partial charge in [-0.2, -0.15) is 0 Å². The van der Waals surface area contributed by atoms with Gasteiger partial charge in [0.25, 0.3) is 0 Å². The number of likely N-dealkylation sites (N-methyl/N-ethyl adjacent to an activating group) is 1. The first-order chi connectivity index (χ1) is 10.7. The smallest absolute Gasteiger partial charge is 0.410 e. The molecule has 2 heterocycles. The molecule has 2 atom stereocenters. The topological polar surface area (TPSA) is 34.5 Å². The van der Waals surface area contributed by atoms with Crippen LogP contribution in [-0.2, 0) is 11.3 Å². The summed E-state index contributed by atoms with van der Waals surface area (Å²) in [6.07, 6.45) is 1.60. The van der Waals surface area contributed by atoms with Gasteiger partial charge in [-0.3, -0.25) is 0 Å². The van der Waals surface area contributed by atoms with Crippen molar-refractivity contribution in [3.63, 3.8) is 0 Å². The zero-order chi connectivity index (χ0) is 16.9. The van der Waals surface area contributed by atoms with Crippen molar-refractivity contribution in [2.75, 3.05) is 7.05 Å². The van der Waals surface area contributed by atoms with E-state index in [0.29, 0.717) is 6.54 Å². The van der Waals surface area contributed by atoms with Crippen LogP contribution < -0.4 is 0 Å². The Morgan fingerprint density at radius 2 is 2.09 bits per heavy atom. The second-order valence-corrected chi connectivity index (χ2v) is 7.35. The van der Waals surface area contributed by atoms with E-state index in [9.17, 15) is 9.18 Å². The second-order valence-electron chi connectivity index (χ2n) is 7.35. The first kappa shape index (κ1) is 15.8. The van der Waals surface area contributed by atoms with Crippen molar-refractivity contribution in [3.05, 3.63) is 35.8 Å². The number of benzene rings is 1. The van der Waals surface area contributed by atoms with Gasteiger partial charge in [-0.05, 0) is 44.5 Å². The fourth-order valence-corrected chi connectivity index (χ4v) is 3.34. The molecule has 5 heteroatoms. The lowest BCUT2D eigenvalue weighted by atomic mass is 9.88. The molecule has 0 saturated carbocycles. The van der Waals surface area contributed by atoms with Crippen molar-refractivity contribution >= 4 is 17.0 Å². The zero-order valence-electron chi connectivity index (χ0n) is 14.3. The number of aromatic nitrogens is 1. The maximum atomic E-state index is 13.9. The summed E-state index contributed by atoms with van der Waals surface area (Å²) in [5, 5.41) is 0.908. The molecule has 1 aromatic carbocycles. The predicted molar refractivity (Wildman–Crippen MR) is 88.1 cm³/mol. The number of carbonyl (C=O) groups excluding carboxylic acids is 1. The summed E-state index contributed by atoms with van der Waals surface area (Å²) in [6.45, 7) is 8.27. The Hall–Kier alpha value is -2.04. The summed E-state index contributed by atoms with van der Waals surface area (Å²) in [5.41, 5.74) is 1.47. The Balaban J connectivity index is 1.94. The van der Waals surface area contributed by atoms with Crippen molar-refractivity contribution in [2.24, 2.45) is 0 Å². The van der Waals surface area contributed by atoms with Gasteiger partial charge >= 0.3 is 6.09 Å². The number of halogens is 1. The summed E-state index contributed by atoms with van der Waals surface area (Å²) >= 11 is 0. The SMILES string of the molecule is C[C@H]1c2cc(F)cc3ccn(c23)C[C@@H]1N(C)C(=O)OC(C)(C)C. The summed E-state index contributed by atoms with van der Waals surface area (Å²) in [5.74, 6) is -0.203. The maximum absolute atomic E-state index is 13.9. The Labute approximate surface area is 135 Å². The third kappa shape index (κ3) is 2.80. The summed E-state index contributed by atoms with van der Waals surface area (Å²) in [6, 6.07) is 4.98. The number of hydrogen-bond donors (Lipinski definition) is 0. The van der Waals surface area contributed by atoms with E-state index in [1.807, 2.05) is 40.0 Å². The van der Waals surface area contributed by atoms with E-state index >= 15 is 0 Å². The van der Waals surface area contributed by atoms with Crippen LogP contribution in [0.15, 0.2) is 24.4 Å². The molecule has 124 valence electrons. The van der Waals surface area contributed by atoms with E-state index in [1.165, 1.54) is 0 Å². The highest BCUT2D eigenvalue weighted by molar-refractivity contribution is 5.85. The molecule has 0 aliphatic carbocycles. The first-order valence-corrected chi connectivity index (χ1v) is 7.91. The fourth-order valence-electron chi connectivity index (χ4n) is 3.34. The van der Waals surface area contributed by atoms with Gasteiger partial charge in [0.15, 0.2) is 0 Å². The molecule has 0 bridgehead atoms. The van der Waals surface area contributed by atoms with Crippen molar-refractivity contribution in [1.29, 1.82) is 0 Å². The number of amides is 1. The molecule has 4 nitrogen and oxygen atoms in total.